The quantitative estimate of drug-likeness (QED) is 0.0899. The summed E-state index contributed by atoms with van der Waals surface area (Å²) in [5.74, 6) is -3.83. The number of halogens is 6. The topological polar surface area (TPSA) is 122 Å². The maximum Gasteiger partial charge on any atom is 0.417 e. The molecule has 0 aliphatic rings. The summed E-state index contributed by atoms with van der Waals surface area (Å²) >= 11 is 0. The van der Waals surface area contributed by atoms with Crippen molar-refractivity contribution >= 4 is 47.3 Å². The smallest absolute Gasteiger partial charge is 0.417 e. The number of carbonyl (C=O) groups excluding carboxylic acids is 3. The van der Waals surface area contributed by atoms with Gasteiger partial charge in [0.05, 0.1) is 11.1 Å². The minimum Gasteiger partial charge on any atom is -0.478 e. The van der Waals surface area contributed by atoms with E-state index in [1.165, 1.54) is 48.5 Å². The van der Waals surface area contributed by atoms with Crippen LogP contribution in [0.5, 0.6) is 0 Å². The molecule has 0 bridgehead atoms. The van der Waals surface area contributed by atoms with E-state index in [1.54, 1.807) is 26.8 Å². The SMILES string of the molecule is CC(C)(C)OC(=O)/C=C/c1cc(-c2ccc(NC(=O)c3ccccc3/C=C/C(=O)O)cc2C(F)(F)F)ccc1C(=O)Nc1cccc(C(F)(F)F)c1. The van der Waals surface area contributed by atoms with Gasteiger partial charge < -0.3 is 20.5 Å². The number of benzene rings is 4. The van der Waals surface area contributed by atoms with Gasteiger partial charge in [-0.05, 0) is 104 Å². The molecule has 52 heavy (non-hydrogen) atoms. The molecule has 270 valence electrons. The van der Waals surface area contributed by atoms with Gasteiger partial charge in [-0.3, -0.25) is 9.59 Å². The first-order chi connectivity index (χ1) is 24.2. The van der Waals surface area contributed by atoms with Crippen LogP contribution in [0.25, 0.3) is 23.3 Å². The standard InChI is InChI=1S/C38H30F6N2O6/c1-36(2,3)52-33(49)18-13-24-19-23(11-15-30(24)35(51)45-26-9-6-8-25(20-26)37(39,40)41)28-16-14-27(21-31(28)38(42,43)44)46-34(50)29-10-5-4-7-22(29)12-17-32(47)48/h4-21H,1-3H3,(H,45,51)(H,46,50)(H,47,48)/b17-12+,18-13+. The van der Waals surface area contributed by atoms with Crippen molar-refractivity contribution < 1.29 is 55.4 Å². The van der Waals surface area contributed by atoms with E-state index < -0.39 is 52.8 Å². The molecule has 0 aliphatic carbocycles. The van der Waals surface area contributed by atoms with Gasteiger partial charge in [0.15, 0.2) is 0 Å². The molecular formula is C38H30F6N2O6. The van der Waals surface area contributed by atoms with Crippen molar-refractivity contribution in [3.63, 3.8) is 0 Å². The molecule has 3 N–H and O–H groups in total. The molecule has 0 unspecified atom stereocenters. The number of hydrogen-bond acceptors (Lipinski definition) is 5. The second kappa shape index (κ2) is 15.4. The maximum atomic E-state index is 14.5. The van der Waals surface area contributed by atoms with E-state index >= 15 is 0 Å². The van der Waals surface area contributed by atoms with Crippen LogP contribution in [0.1, 0.15) is 63.7 Å². The van der Waals surface area contributed by atoms with Crippen LogP contribution >= 0.6 is 0 Å². The molecule has 8 nitrogen and oxygen atoms in total. The molecule has 0 aromatic heterocycles. The maximum absolute atomic E-state index is 14.5. The number of rotatable bonds is 9. The number of carboxylic acid groups (broad SMARTS) is 1. The Morgan fingerprint density at radius 1 is 0.654 bits per heavy atom. The zero-order valence-electron chi connectivity index (χ0n) is 27.6. The number of amides is 2. The molecule has 4 rings (SSSR count). The van der Waals surface area contributed by atoms with Crippen LogP contribution in [0.2, 0.25) is 0 Å². The summed E-state index contributed by atoms with van der Waals surface area (Å²) in [6.07, 6.45) is -5.58. The molecule has 0 aliphatic heterocycles. The van der Waals surface area contributed by atoms with Crippen molar-refractivity contribution in [1.82, 2.24) is 0 Å². The van der Waals surface area contributed by atoms with Gasteiger partial charge in [0, 0.05) is 34.7 Å². The zero-order valence-corrected chi connectivity index (χ0v) is 27.6. The lowest BCUT2D eigenvalue weighted by Gasteiger charge is -2.18. The molecule has 0 saturated heterocycles. The molecular weight excluding hydrogens is 694 g/mol. The third-order valence-corrected chi connectivity index (χ3v) is 7.05. The Morgan fingerprint density at radius 2 is 1.27 bits per heavy atom. The van der Waals surface area contributed by atoms with E-state index in [1.807, 2.05) is 0 Å². The largest absolute Gasteiger partial charge is 0.478 e. The van der Waals surface area contributed by atoms with Gasteiger partial charge in [0.1, 0.15) is 5.60 Å². The second-order valence-electron chi connectivity index (χ2n) is 12.2. The highest BCUT2D eigenvalue weighted by Crippen LogP contribution is 2.40. The number of carbonyl (C=O) groups is 4. The Balaban J connectivity index is 1.75. The van der Waals surface area contributed by atoms with Crippen LogP contribution in [-0.2, 0) is 26.7 Å². The Bertz CT molecular complexity index is 2080. The highest BCUT2D eigenvalue weighted by Gasteiger charge is 2.35. The van der Waals surface area contributed by atoms with Crippen LogP contribution in [0.15, 0.2) is 97.1 Å². The molecule has 0 spiro atoms. The van der Waals surface area contributed by atoms with Crippen LogP contribution < -0.4 is 10.6 Å². The first-order valence-corrected chi connectivity index (χ1v) is 15.3. The van der Waals surface area contributed by atoms with Gasteiger partial charge in [-0.1, -0.05) is 36.4 Å². The summed E-state index contributed by atoms with van der Waals surface area (Å²) in [4.78, 5) is 49.8. The van der Waals surface area contributed by atoms with Gasteiger partial charge in [-0.15, -0.1) is 0 Å². The molecule has 0 radical (unpaired) electrons. The lowest BCUT2D eigenvalue weighted by atomic mass is 9.94. The second-order valence-corrected chi connectivity index (χ2v) is 12.2. The van der Waals surface area contributed by atoms with Crippen molar-refractivity contribution in [3.05, 3.63) is 130 Å². The van der Waals surface area contributed by atoms with Gasteiger partial charge in [-0.2, -0.15) is 26.3 Å². The molecule has 4 aromatic carbocycles. The first-order valence-electron chi connectivity index (χ1n) is 15.3. The average Bonchev–Trinajstić information content (AvgIpc) is 3.05. The fraction of sp³-hybridized carbons (Fsp3) is 0.158. The number of aliphatic carboxylic acids is 1. The van der Waals surface area contributed by atoms with Gasteiger partial charge in [0.2, 0.25) is 0 Å². The Hall–Kier alpha value is -6.18. The number of esters is 1. The van der Waals surface area contributed by atoms with Crippen molar-refractivity contribution in [1.29, 1.82) is 0 Å². The fourth-order valence-corrected chi connectivity index (χ4v) is 4.86. The monoisotopic (exact) mass is 724 g/mol. The summed E-state index contributed by atoms with van der Waals surface area (Å²) < 4.78 is 88.5. The summed E-state index contributed by atoms with van der Waals surface area (Å²) in [6.45, 7) is 4.81. The Kier molecular flexibility index (Phi) is 11.4. The van der Waals surface area contributed by atoms with E-state index in [-0.39, 0.29) is 44.8 Å². The number of carboxylic acids is 1. The van der Waals surface area contributed by atoms with E-state index in [9.17, 15) is 45.5 Å². The highest BCUT2D eigenvalue weighted by atomic mass is 19.4. The molecule has 0 saturated carbocycles. The molecule has 2 amide bonds. The highest BCUT2D eigenvalue weighted by molar-refractivity contribution is 6.08. The van der Waals surface area contributed by atoms with Crippen LogP contribution in [-0.4, -0.2) is 34.5 Å². The van der Waals surface area contributed by atoms with E-state index in [0.29, 0.717) is 12.1 Å². The Morgan fingerprint density at radius 3 is 1.88 bits per heavy atom. The third kappa shape index (κ3) is 10.4. The van der Waals surface area contributed by atoms with E-state index in [4.69, 9.17) is 9.84 Å². The molecule has 0 atom stereocenters. The zero-order chi connectivity index (χ0) is 38.4. The van der Waals surface area contributed by atoms with Crippen molar-refractivity contribution in [3.8, 4) is 11.1 Å². The van der Waals surface area contributed by atoms with Crippen LogP contribution in [0.3, 0.4) is 0 Å². The predicted molar refractivity (Wildman–Crippen MR) is 182 cm³/mol. The van der Waals surface area contributed by atoms with E-state index in [2.05, 4.69) is 10.6 Å². The summed E-state index contributed by atoms with van der Waals surface area (Å²) in [6, 6.07) is 16.2. The van der Waals surface area contributed by atoms with Crippen LogP contribution in [0, 0.1) is 0 Å². The average molecular weight is 725 g/mol. The van der Waals surface area contributed by atoms with E-state index in [0.717, 1.165) is 42.5 Å². The predicted octanol–water partition coefficient (Wildman–Crippen LogP) is 9.35. The number of hydrogen-bond donors (Lipinski definition) is 3. The summed E-state index contributed by atoms with van der Waals surface area (Å²) in [5.41, 5.74) is -4.01. The van der Waals surface area contributed by atoms with Crippen LogP contribution in [0.4, 0.5) is 37.7 Å². The fourth-order valence-electron chi connectivity index (χ4n) is 4.86. The molecule has 0 heterocycles. The summed E-state index contributed by atoms with van der Waals surface area (Å²) in [7, 11) is 0. The number of alkyl halides is 6. The minimum absolute atomic E-state index is 0.00181. The lowest BCUT2D eigenvalue weighted by molar-refractivity contribution is -0.148. The summed E-state index contributed by atoms with van der Waals surface area (Å²) in [5, 5.41) is 13.7. The Labute approximate surface area is 293 Å². The van der Waals surface area contributed by atoms with Crippen molar-refractivity contribution in [2.75, 3.05) is 10.6 Å². The van der Waals surface area contributed by atoms with Gasteiger partial charge in [-0.25, -0.2) is 9.59 Å². The molecule has 0 fully saturated rings. The first kappa shape index (κ1) is 38.6. The lowest BCUT2D eigenvalue weighted by Crippen LogP contribution is -2.22. The van der Waals surface area contributed by atoms with Gasteiger partial charge >= 0.3 is 24.3 Å². The number of nitrogens with one attached hydrogen (secondary N) is 2. The number of anilines is 2. The normalized spacial score (nSPS) is 12.2. The third-order valence-electron chi connectivity index (χ3n) is 7.05. The number of ether oxygens (including phenoxy) is 1. The van der Waals surface area contributed by atoms with Gasteiger partial charge in [0.25, 0.3) is 11.8 Å². The molecule has 14 heteroatoms. The molecule has 4 aromatic rings. The van der Waals surface area contributed by atoms with Crippen molar-refractivity contribution in [2.45, 2.75) is 38.7 Å². The minimum atomic E-state index is -4.95. The van der Waals surface area contributed by atoms with Crippen molar-refractivity contribution in [2.24, 2.45) is 0 Å².